The van der Waals surface area contributed by atoms with E-state index in [1.165, 1.54) is 25.3 Å². The number of hydrogen-bond acceptors (Lipinski definition) is 5. The molecule has 2 N–H and O–H groups in total. The van der Waals surface area contributed by atoms with Crippen LogP contribution in [0.2, 0.25) is 0 Å². The SMILES string of the molecule is COc1ccc(C(=O)O)cc1S(=O)(=O)Nc1cc(C(F)(F)F)ccc1N1CCC(C)(C)C1. The van der Waals surface area contributed by atoms with E-state index in [-0.39, 0.29) is 22.4 Å². The minimum absolute atomic E-state index is 0.0854. The van der Waals surface area contributed by atoms with Crippen molar-refractivity contribution in [1.82, 2.24) is 0 Å². The highest BCUT2D eigenvalue weighted by molar-refractivity contribution is 7.92. The molecular formula is C21H23F3N2O5S. The van der Waals surface area contributed by atoms with E-state index in [1.54, 1.807) is 0 Å². The summed E-state index contributed by atoms with van der Waals surface area (Å²) in [4.78, 5) is 12.6. The molecule has 7 nitrogen and oxygen atoms in total. The first kappa shape index (κ1) is 23.7. The molecule has 174 valence electrons. The number of alkyl halides is 3. The van der Waals surface area contributed by atoms with Gasteiger partial charge in [0.15, 0.2) is 0 Å². The third-order valence-corrected chi connectivity index (χ3v) is 6.67. The van der Waals surface area contributed by atoms with E-state index in [2.05, 4.69) is 4.72 Å². The summed E-state index contributed by atoms with van der Waals surface area (Å²) in [6.45, 7) is 5.11. The minimum atomic E-state index is -4.68. The summed E-state index contributed by atoms with van der Waals surface area (Å²) in [5.74, 6) is -1.50. The Labute approximate surface area is 183 Å². The second-order valence-electron chi connectivity index (χ2n) is 8.34. The highest BCUT2D eigenvalue weighted by Gasteiger charge is 2.35. The Morgan fingerprint density at radius 1 is 1.19 bits per heavy atom. The normalized spacial score (nSPS) is 16.1. The third-order valence-electron chi connectivity index (χ3n) is 5.29. The highest BCUT2D eigenvalue weighted by atomic mass is 32.2. The van der Waals surface area contributed by atoms with Crippen molar-refractivity contribution < 1.29 is 36.2 Å². The van der Waals surface area contributed by atoms with Gasteiger partial charge in [0.05, 0.1) is 29.6 Å². The third kappa shape index (κ3) is 4.93. The van der Waals surface area contributed by atoms with Crippen LogP contribution in [0, 0.1) is 5.41 Å². The number of benzene rings is 2. The second-order valence-corrected chi connectivity index (χ2v) is 9.99. The van der Waals surface area contributed by atoms with Crippen LogP contribution < -0.4 is 14.4 Å². The lowest BCUT2D eigenvalue weighted by atomic mass is 9.93. The van der Waals surface area contributed by atoms with Gasteiger partial charge in [0, 0.05) is 13.1 Å². The molecule has 11 heteroatoms. The standard InChI is InChI=1S/C21H23F3N2O5S/c1-20(2)8-9-26(12-20)16-6-5-14(21(22,23)24)11-15(16)25-32(29,30)18-10-13(19(27)28)4-7-17(18)31-3/h4-7,10-11,25H,8-9,12H2,1-3H3,(H,27,28). The summed E-state index contributed by atoms with van der Waals surface area (Å²) in [6, 6.07) is 6.13. The van der Waals surface area contributed by atoms with Gasteiger partial charge in [-0.3, -0.25) is 4.72 Å². The number of halogens is 3. The predicted molar refractivity (Wildman–Crippen MR) is 113 cm³/mol. The van der Waals surface area contributed by atoms with Crippen molar-refractivity contribution in [2.75, 3.05) is 29.8 Å². The molecule has 0 aliphatic carbocycles. The number of hydrogen-bond donors (Lipinski definition) is 2. The Balaban J connectivity index is 2.10. The van der Waals surface area contributed by atoms with E-state index in [0.29, 0.717) is 18.8 Å². The molecule has 0 saturated carbocycles. The lowest BCUT2D eigenvalue weighted by molar-refractivity contribution is -0.137. The van der Waals surface area contributed by atoms with Crippen LogP contribution in [0.15, 0.2) is 41.3 Å². The average molecular weight is 472 g/mol. The molecule has 0 unspecified atom stereocenters. The molecule has 2 aromatic carbocycles. The lowest BCUT2D eigenvalue weighted by Crippen LogP contribution is -2.25. The first-order chi connectivity index (χ1) is 14.7. The number of aromatic carboxylic acids is 1. The Kier molecular flexibility index (Phi) is 6.07. The Morgan fingerprint density at radius 2 is 1.88 bits per heavy atom. The van der Waals surface area contributed by atoms with Gasteiger partial charge in [0.25, 0.3) is 10.0 Å². The van der Waals surface area contributed by atoms with Gasteiger partial charge in [0.1, 0.15) is 10.6 Å². The van der Waals surface area contributed by atoms with E-state index in [0.717, 1.165) is 24.6 Å². The fourth-order valence-corrected chi connectivity index (χ4v) is 4.87. The highest BCUT2D eigenvalue weighted by Crippen LogP contribution is 2.40. The van der Waals surface area contributed by atoms with Gasteiger partial charge in [-0.1, -0.05) is 13.8 Å². The maximum atomic E-state index is 13.3. The molecule has 1 saturated heterocycles. The summed E-state index contributed by atoms with van der Waals surface area (Å²) >= 11 is 0. The van der Waals surface area contributed by atoms with E-state index < -0.39 is 32.6 Å². The van der Waals surface area contributed by atoms with Crippen LogP contribution in [0.5, 0.6) is 5.75 Å². The maximum absolute atomic E-state index is 13.3. The molecule has 0 radical (unpaired) electrons. The minimum Gasteiger partial charge on any atom is -0.495 e. The largest absolute Gasteiger partial charge is 0.495 e. The zero-order valence-corrected chi connectivity index (χ0v) is 18.5. The van der Waals surface area contributed by atoms with Crippen molar-refractivity contribution in [2.45, 2.75) is 31.3 Å². The van der Waals surface area contributed by atoms with E-state index >= 15 is 0 Å². The van der Waals surface area contributed by atoms with Gasteiger partial charge in [-0.05, 0) is 48.2 Å². The molecule has 1 aliphatic rings. The Bertz CT molecular complexity index is 1150. The van der Waals surface area contributed by atoms with Crippen LogP contribution in [0.1, 0.15) is 36.2 Å². The number of carbonyl (C=O) groups is 1. The molecule has 1 heterocycles. The molecule has 32 heavy (non-hydrogen) atoms. The summed E-state index contributed by atoms with van der Waals surface area (Å²) < 4.78 is 73.5. The molecule has 0 aromatic heterocycles. The van der Waals surface area contributed by atoms with Crippen molar-refractivity contribution >= 4 is 27.4 Å². The molecule has 0 spiro atoms. The monoisotopic (exact) mass is 472 g/mol. The van der Waals surface area contributed by atoms with Crippen molar-refractivity contribution in [3.05, 3.63) is 47.5 Å². The number of ether oxygens (including phenoxy) is 1. The smallest absolute Gasteiger partial charge is 0.416 e. The fraction of sp³-hybridized carbons (Fsp3) is 0.381. The summed E-state index contributed by atoms with van der Waals surface area (Å²) in [7, 11) is -3.28. The van der Waals surface area contributed by atoms with Crippen LogP contribution in [-0.2, 0) is 16.2 Å². The van der Waals surface area contributed by atoms with Crippen molar-refractivity contribution in [3.8, 4) is 5.75 Å². The van der Waals surface area contributed by atoms with Crippen LogP contribution in [0.25, 0.3) is 0 Å². The molecule has 3 rings (SSSR count). The van der Waals surface area contributed by atoms with Gasteiger partial charge in [-0.25, -0.2) is 13.2 Å². The molecule has 1 fully saturated rings. The number of rotatable bonds is 6. The molecule has 0 bridgehead atoms. The number of nitrogens with one attached hydrogen (secondary N) is 1. The van der Waals surface area contributed by atoms with Gasteiger partial charge in [-0.15, -0.1) is 0 Å². The van der Waals surface area contributed by atoms with Gasteiger partial charge in [-0.2, -0.15) is 13.2 Å². The van der Waals surface area contributed by atoms with Crippen molar-refractivity contribution in [2.24, 2.45) is 5.41 Å². The van der Waals surface area contributed by atoms with Crippen molar-refractivity contribution in [3.63, 3.8) is 0 Å². The second kappa shape index (κ2) is 8.19. The van der Waals surface area contributed by atoms with Crippen LogP contribution in [0.4, 0.5) is 24.5 Å². The van der Waals surface area contributed by atoms with Crippen LogP contribution >= 0.6 is 0 Å². The van der Waals surface area contributed by atoms with Crippen LogP contribution in [0.3, 0.4) is 0 Å². The van der Waals surface area contributed by atoms with E-state index in [9.17, 15) is 31.5 Å². The quantitative estimate of drug-likeness (QED) is 0.645. The summed E-state index contributed by atoms with van der Waals surface area (Å²) in [6.07, 6.45) is -3.89. The first-order valence-electron chi connectivity index (χ1n) is 9.64. The number of sulfonamides is 1. The topological polar surface area (TPSA) is 95.9 Å². The van der Waals surface area contributed by atoms with Crippen LogP contribution in [-0.4, -0.2) is 39.7 Å². The lowest BCUT2D eigenvalue weighted by Gasteiger charge is -2.25. The molecule has 1 aliphatic heterocycles. The molecule has 0 amide bonds. The Hall–Kier alpha value is -2.95. The maximum Gasteiger partial charge on any atom is 0.416 e. The molecule has 0 atom stereocenters. The summed E-state index contributed by atoms with van der Waals surface area (Å²) in [5, 5.41) is 9.20. The van der Waals surface area contributed by atoms with Gasteiger partial charge in [0.2, 0.25) is 0 Å². The molecule has 2 aromatic rings. The number of carboxylic acids is 1. The summed E-state index contributed by atoms with van der Waals surface area (Å²) in [5.41, 5.74) is -1.35. The zero-order chi connectivity index (χ0) is 23.9. The fourth-order valence-electron chi connectivity index (χ4n) is 3.61. The van der Waals surface area contributed by atoms with Gasteiger partial charge < -0.3 is 14.7 Å². The number of nitrogens with zero attached hydrogens (tertiary/aromatic N) is 1. The first-order valence-corrected chi connectivity index (χ1v) is 11.1. The predicted octanol–water partition coefficient (Wildman–Crippen LogP) is 4.45. The average Bonchev–Trinajstić information content (AvgIpc) is 3.05. The molecular weight excluding hydrogens is 449 g/mol. The zero-order valence-electron chi connectivity index (χ0n) is 17.7. The van der Waals surface area contributed by atoms with E-state index in [1.807, 2.05) is 18.7 Å². The van der Waals surface area contributed by atoms with E-state index in [4.69, 9.17) is 4.74 Å². The van der Waals surface area contributed by atoms with Crippen molar-refractivity contribution in [1.29, 1.82) is 0 Å². The number of anilines is 2. The van der Waals surface area contributed by atoms with Gasteiger partial charge >= 0.3 is 12.1 Å². The number of methoxy groups -OCH3 is 1. The Morgan fingerprint density at radius 3 is 2.41 bits per heavy atom. The number of carboxylic acid groups (broad SMARTS) is 1.